The first-order valence-electron chi connectivity index (χ1n) is 5.96. The molecule has 0 saturated carbocycles. The highest BCUT2D eigenvalue weighted by Gasteiger charge is 2.32. The number of alkyl halides is 1. The van der Waals surface area contributed by atoms with Gasteiger partial charge in [-0.25, -0.2) is 9.18 Å². The number of nitrogens with zero attached hydrogens (tertiary/aromatic N) is 2. The molecule has 0 aromatic carbocycles. The van der Waals surface area contributed by atoms with Gasteiger partial charge in [-0.05, 0) is 26.8 Å². The van der Waals surface area contributed by atoms with E-state index >= 15 is 0 Å². The van der Waals surface area contributed by atoms with Crippen LogP contribution >= 0.6 is 0 Å². The van der Waals surface area contributed by atoms with Gasteiger partial charge in [0, 0.05) is 18.6 Å². The van der Waals surface area contributed by atoms with Crippen molar-refractivity contribution in [2.45, 2.75) is 38.0 Å². The zero-order valence-corrected chi connectivity index (χ0v) is 9.95. The Morgan fingerprint density at radius 1 is 1.44 bits per heavy atom. The van der Waals surface area contributed by atoms with Crippen LogP contribution in [-0.2, 0) is 0 Å². The van der Waals surface area contributed by atoms with Gasteiger partial charge in [-0.2, -0.15) is 0 Å². The van der Waals surface area contributed by atoms with E-state index in [-0.39, 0.29) is 25.2 Å². The summed E-state index contributed by atoms with van der Waals surface area (Å²) in [5.74, 6) is 0. The van der Waals surface area contributed by atoms with Crippen molar-refractivity contribution in [1.82, 2.24) is 15.1 Å². The summed E-state index contributed by atoms with van der Waals surface area (Å²) in [6.07, 6.45) is 1.15. The molecule has 2 amide bonds. The molecule has 1 N–H and O–H groups in total. The number of piperidine rings is 1. The highest BCUT2D eigenvalue weighted by molar-refractivity contribution is 5.75. The molecule has 2 atom stereocenters. The van der Waals surface area contributed by atoms with E-state index in [1.54, 1.807) is 0 Å². The Kier molecular flexibility index (Phi) is 3.33. The van der Waals surface area contributed by atoms with Gasteiger partial charge in [0.15, 0.2) is 0 Å². The van der Waals surface area contributed by atoms with Crippen molar-refractivity contribution >= 4 is 6.03 Å². The van der Waals surface area contributed by atoms with E-state index < -0.39 is 6.17 Å². The fourth-order valence-electron chi connectivity index (χ4n) is 2.28. The van der Waals surface area contributed by atoms with Crippen LogP contribution in [0.1, 0.15) is 19.8 Å². The maximum Gasteiger partial charge on any atom is 0.317 e. The second-order valence-electron chi connectivity index (χ2n) is 5.00. The maximum atomic E-state index is 12.6. The molecule has 2 unspecified atom stereocenters. The maximum absolute atomic E-state index is 12.6. The molecule has 2 aliphatic rings. The van der Waals surface area contributed by atoms with Crippen LogP contribution in [0.4, 0.5) is 9.18 Å². The fourth-order valence-corrected chi connectivity index (χ4v) is 2.28. The van der Waals surface area contributed by atoms with E-state index in [2.05, 4.69) is 24.2 Å². The number of likely N-dealkylation sites (tertiary alicyclic amines) is 2. The molecule has 0 aromatic heterocycles. The summed E-state index contributed by atoms with van der Waals surface area (Å²) in [4.78, 5) is 15.5. The first-order chi connectivity index (χ1) is 7.56. The second kappa shape index (κ2) is 4.57. The van der Waals surface area contributed by atoms with Gasteiger partial charge >= 0.3 is 6.03 Å². The number of rotatable bonds is 1. The molecule has 0 aromatic rings. The zero-order chi connectivity index (χ0) is 11.7. The predicted octanol–water partition coefficient (Wildman–Crippen LogP) is 0.832. The number of carbonyl (C=O) groups excluding carboxylic acids is 1. The van der Waals surface area contributed by atoms with Gasteiger partial charge in [0.2, 0.25) is 0 Å². The van der Waals surface area contributed by atoms with Gasteiger partial charge in [0.05, 0.1) is 13.1 Å². The van der Waals surface area contributed by atoms with Crippen molar-refractivity contribution < 1.29 is 9.18 Å². The summed E-state index contributed by atoms with van der Waals surface area (Å²) in [5.41, 5.74) is 0. The molecule has 2 heterocycles. The summed E-state index contributed by atoms with van der Waals surface area (Å²) < 4.78 is 12.6. The number of urea groups is 1. The van der Waals surface area contributed by atoms with Crippen LogP contribution in [0.3, 0.4) is 0 Å². The smallest absolute Gasteiger partial charge is 0.317 e. The lowest BCUT2D eigenvalue weighted by Gasteiger charge is -2.39. The van der Waals surface area contributed by atoms with E-state index in [0.29, 0.717) is 6.04 Å². The molecule has 0 spiro atoms. The number of carbonyl (C=O) groups is 1. The standard InChI is InChI=1S/C11H20FN3O/c1-8-5-10(3-4-14(8)2)13-11(16)15-6-9(12)7-15/h8-10H,3-7H2,1-2H3,(H,13,16). The molecule has 2 rings (SSSR count). The third-order valence-corrected chi connectivity index (χ3v) is 3.66. The van der Waals surface area contributed by atoms with Crippen molar-refractivity contribution in [2.24, 2.45) is 0 Å². The number of halogens is 1. The molecule has 16 heavy (non-hydrogen) atoms. The molecular formula is C11H20FN3O. The molecule has 5 heteroatoms. The quantitative estimate of drug-likeness (QED) is 0.723. The van der Waals surface area contributed by atoms with Crippen molar-refractivity contribution in [3.8, 4) is 0 Å². The van der Waals surface area contributed by atoms with Crippen LogP contribution < -0.4 is 5.32 Å². The van der Waals surface area contributed by atoms with E-state index in [1.165, 1.54) is 4.90 Å². The minimum Gasteiger partial charge on any atom is -0.335 e. The van der Waals surface area contributed by atoms with E-state index in [4.69, 9.17) is 0 Å². The lowest BCUT2D eigenvalue weighted by molar-refractivity contribution is 0.0839. The SMILES string of the molecule is CC1CC(NC(=O)N2CC(F)C2)CCN1C. The first-order valence-corrected chi connectivity index (χ1v) is 5.96. The lowest BCUT2D eigenvalue weighted by atomic mass is 9.99. The van der Waals surface area contributed by atoms with Crippen molar-refractivity contribution in [3.63, 3.8) is 0 Å². The Morgan fingerprint density at radius 3 is 2.69 bits per heavy atom. The van der Waals surface area contributed by atoms with Gasteiger partial charge in [0.1, 0.15) is 6.17 Å². The van der Waals surface area contributed by atoms with Crippen LogP contribution in [0.2, 0.25) is 0 Å². The Bertz CT molecular complexity index is 268. The van der Waals surface area contributed by atoms with E-state index in [9.17, 15) is 9.18 Å². The summed E-state index contributed by atoms with van der Waals surface area (Å²) >= 11 is 0. The third kappa shape index (κ3) is 2.45. The summed E-state index contributed by atoms with van der Waals surface area (Å²) in [5, 5.41) is 2.99. The van der Waals surface area contributed by atoms with Crippen molar-refractivity contribution in [1.29, 1.82) is 0 Å². The highest BCUT2D eigenvalue weighted by atomic mass is 19.1. The molecule has 0 radical (unpaired) electrons. The minimum atomic E-state index is -0.817. The van der Waals surface area contributed by atoms with E-state index in [1.807, 2.05) is 0 Å². The molecule has 2 aliphatic heterocycles. The van der Waals surface area contributed by atoms with Gasteiger partial charge in [-0.3, -0.25) is 0 Å². The molecule has 92 valence electrons. The number of hydrogen-bond donors (Lipinski definition) is 1. The molecule has 4 nitrogen and oxygen atoms in total. The zero-order valence-electron chi connectivity index (χ0n) is 9.95. The summed E-state index contributed by atoms with van der Waals surface area (Å²) in [6, 6.07) is 0.650. The average molecular weight is 229 g/mol. The molecule has 0 aliphatic carbocycles. The Hall–Kier alpha value is -0.840. The minimum absolute atomic E-state index is 0.101. The summed E-state index contributed by atoms with van der Waals surface area (Å²) in [6.45, 7) is 3.69. The topological polar surface area (TPSA) is 35.6 Å². The normalized spacial score (nSPS) is 32.3. The van der Waals surface area contributed by atoms with Crippen LogP contribution in [0.15, 0.2) is 0 Å². The van der Waals surface area contributed by atoms with Crippen LogP contribution in [0.5, 0.6) is 0 Å². The molecule has 2 saturated heterocycles. The average Bonchev–Trinajstić information content (AvgIpc) is 2.19. The molecule has 2 fully saturated rings. The van der Waals surface area contributed by atoms with Gasteiger partial charge in [-0.15, -0.1) is 0 Å². The second-order valence-corrected chi connectivity index (χ2v) is 5.00. The van der Waals surface area contributed by atoms with Crippen molar-refractivity contribution in [3.05, 3.63) is 0 Å². The van der Waals surface area contributed by atoms with Crippen LogP contribution in [-0.4, -0.2) is 60.8 Å². The Morgan fingerprint density at radius 2 is 2.12 bits per heavy atom. The fraction of sp³-hybridized carbons (Fsp3) is 0.909. The van der Waals surface area contributed by atoms with Crippen molar-refractivity contribution in [2.75, 3.05) is 26.7 Å². The summed E-state index contributed by atoms with van der Waals surface area (Å²) in [7, 11) is 2.10. The largest absolute Gasteiger partial charge is 0.335 e. The van der Waals surface area contributed by atoms with Gasteiger partial charge in [-0.1, -0.05) is 0 Å². The predicted molar refractivity (Wildman–Crippen MR) is 60.1 cm³/mol. The third-order valence-electron chi connectivity index (χ3n) is 3.66. The molecular weight excluding hydrogens is 209 g/mol. The highest BCUT2D eigenvalue weighted by Crippen LogP contribution is 2.17. The van der Waals surface area contributed by atoms with Gasteiger partial charge in [0.25, 0.3) is 0 Å². The first kappa shape index (κ1) is 11.6. The van der Waals surface area contributed by atoms with E-state index in [0.717, 1.165) is 19.4 Å². The Balaban J connectivity index is 1.75. The van der Waals surface area contributed by atoms with Gasteiger partial charge < -0.3 is 15.1 Å². The number of hydrogen-bond acceptors (Lipinski definition) is 2. The monoisotopic (exact) mass is 229 g/mol. The number of amides is 2. The van der Waals surface area contributed by atoms with Crippen LogP contribution in [0, 0.1) is 0 Å². The van der Waals surface area contributed by atoms with Crippen LogP contribution in [0.25, 0.3) is 0 Å². The number of nitrogens with one attached hydrogen (secondary N) is 1. The Labute approximate surface area is 95.8 Å². The molecule has 0 bridgehead atoms. The lowest BCUT2D eigenvalue weighted by Crippen LogP contribution is -2.58.